The summed E-state index contributed by atoms with van der Waals surface area (Å²) >= 11 is 0. The van der Waals surface area contributed by atoms with Gasteiger partial charge in [-0.05, 0) is 68.9 Å². The summed E-state index contributed by atoms with van der Waals surface area (Å²) in [5, 5.41) is 13.4. The highest BCUT2D eigenvalue weighted by molar-refractivity contribution is 5.99. The number of benzene rings is 2. The van der Waals surface area contributed by atoms with E-state index < -0.39 is 6.04 Å². The Bertz CT molecular complexity index is 1360. The highest BCUT2D eigenvalue weighted by Crippen LogP contribution is 2.27. The molecule has 1 atom stereocenters. The molecule has 3 aromatic rings. The minimum atomic E-state index is -0.495. The molecule has 1 saturated heterocycles. The van der Waals surface area contributed by atoms with E-state index in [0.717, 1.165) is 36.2 Å². The summed E-state index contributed by atoms with van der Waals surface area (Å²) in [5.74, 6) is 0.865. The number of anilines is 2. The quantitative estimate of drug-likeness (QED) is 0.359. The van der Waals surface area contributed by atoms with Crippen molar-refractivity contribution in [3.05, 3.63) is 71.4 Å². The summed E-state index contributed by atoms with van der Waals surface area (Å²) in [6.07, 6.45) is 2.76. The third-order valence-corrected chi connectivity index (χ3v) is 7.45. The lowest BCUT2D eigenvalue weighted by atomic mass is 9.90. The Balaban J connectivity index is 1.33. The number of hydrogen-bond acceptors (Lipinski definition) is 4. The van der Waals surface area contributed by atoms with Gasteiger partial charge in [-0.3, -0.25) is 14.9 Å². The van der Waals surface area contributed by atoms with Crippen LogP contribution >= 0.6 is 0 Å². The number of amides is 4. The van der Waals surface area contributed by atoms with Crippen molar-refractivity contribution in [2.24, 2.45) is 5.92 Å². The van der Waals surface area contributed by atoms with E-state index in [2.05, 4.69) is 36.7 Å². The maximum Gasteiger partial charge on any atom is 0.324 e. The lowest BCUT2D eigenvalue weighted by molar-refractivity contribution is -0.136. The fraction of sp³-hybridized carbons (Fsp3) is 0.438. The van der Waals surface area contributed by atoms with Gasteiger partial charge >= 0.3 is 6.03 Å². The average Bonchev–Trinajstić information content (AvgIpc) is 3.34. The molecule has 2 aromatic carbocycles. The summed E-state index contributed by atoms with van der Waals surface area (Å²) in [6.45, 7) is 12.9. The number of nitrogens with zero attached hydrogens (tertiary/aromatic N) is 3. The molecule has 1 fully saturated rings. The number of nitrogens with one attached hydrogen (secondary N) is 3. The predicted octanol–water partition coefficient (Wildman–Crippen LogP) is 5.43. The number of piperidine rings is 1. The normalized spacial score (nSPS) is 14.8. The molecule has 41 heavy (non-hydrogen) atoms. The largest absolute Gasteiger partial charge is 0.345 e. The molecular formula is C32H42N6O3. The van der Waals surface area contributed by atoms with Crippen LogP contribution in [0.25, 0.3) is 5.69 Å². The Morgan fingerprint density at radius 1 is 0.976 bits per heavy atom. The number of rotatable bonds is 7. The summed E-state index contributed by atoms with van der Waals surface area (Å²) in [6, 6.07) is 17.0. The van der Waals surface area contributed by atoms with Crippen LogP contribution in [-0.2, 0) is 21.4 Å². The lowest BCUT2D eigenvalue weighted by Crippen LogP contribution is -2.49. The van der Waals surface area contributed by atoms with Crippen molar-refractivity contribution in [2.45, 2.75) is 72.3 Å². The molecule has 2 heterocycles. The van der Waals surface area contributed by atoms with E-state index in [-0.39, 0.29) is 23.3 Å². The zero-order chi connectivity index (χ0) is 29.7. The molecule has 4 rings (SSSR count). The number of aryl methyl sites for hydroxylation is 1. The highest BCUT2D eigenvalue weighted by Gasteiger charge is 2.26. The smallest absolute Gasteiger partial charge is 0.324 e. The number of hydrogen-bond donors (Lipinski definition) is 3. The molecule has 9 nitrogen and oxygen atoms in total. The maximum absolute atomic E-state index is 13.0. The number of carbonyl (C=O) groups is 3. The molecule has 1 aliphatic heterocycles. The maximum atomic E-state index is 13.0. The first-order valence-corrected chi connectivity index (χ1v) is 14.3. The predicted molar refractivity (Wildman–Crippen MR) is 162 cm³/mol. The van der Waals surface area contributed by atoms with Crippen LogP contribution in [0.1, 0.15) is 64.3 Å². The van der Waals surface area contributed by atoms with Crippen molar-refractivity contribution in [1.29, 1.82) is 0 Å². The number of carbonyl (C=O) groups excluding carboxylic acids is 3. The fourth-order valence-electron chi connectivity index (χ4n) is 5.05. The highest BCUT2D eigenvalue weighted by atomic mass is 16.2. The van der Waals surface area contributed by atoms with Gasteiger partial charge in [0.25, 0.3) is 0 Å². The average molecular weight is 559 g/mol. The van der Waals surface area contributed by atoms with Crippen LogP contribution in [0.2, 0.25) is 0 Å². The molecule has 0 bridgehead atoms. The third-order valence-electron chi connectivity index (χ3n) is 7.45. The van der Waals surface area contributed by atoms with Crippen molar-refractivity contribution in [3.8, 4) is 5.69 Å². The lowest BCUT2D eigenvalue weighted by Gasteiger charge is -2.33. The monoisotopic (exact) mass is 558 g/mol. The van der Waals surface area contributed by atoms with Gasteiger partial charge in [0.2, 0.25) is 11.8 Å². The molecule has 0 aliphatic carbocycles. The first kappa shape index (κ1) is 29.8. The van der Waals surface area contributed by atoms with E-state index in [1.54, 1.807) is 11.6 Å². The van der Waals surface area contributed by atoms with E-state index in [9.17, 15) is 14.4 Å². The van der Waals surface area contributed by atoms with E-state index in [1.807, 2.05) is 66.4 Å². The van der Waals surface area contributed by atoms with Crippen molar-refractivity contribution in [2.75, 3.05) is 23.7 Å². The van der Waals surface area contributed by atoms with Crippen molar-refractivity contribution in [3.63, 3.8) is 0 Å². The van der Waals surface area contributed by atoms with Crippen LogP contribution in [0.15, 0.2) is 54.6 Å². The molecule has 0 spiro atoms. The molecule has 1 aliphatic rings. The molecule has 0 radical (unpaired) electrons. The molecule has 218 valence electrons. The van der Waals surface area contributed by atoms with Crippen LogP contribution in [0, 0.1) is 12.8 Å². The second-order valence-corrected chi connectivity index (χ2v) is 12.1. The van der Waals surface area contributed by atoms with Gasteiger partial charge < -0.3 is 15.5 Å². The van der Waals surface area contributed by atoms with Crippen LogP contribution in [0.3, 0.4) is 0 Å². The molecule has 9 heteroatoms. The summed E-state index contributed by atoms with van der Waals surface area (Å²) in [7, 11) is 0. The Labute approximate surface area is 242 Å². The first-order chi connectivity index (χ1) is 19.4. The van der Waals surface area contributed by atoms with Crippen LogP contribution < -0.4 is 16.0 Å². The summed E-state index contributed by atoms with van der Waals surface area (Å²) < 4.78 is 1.77. The SMILES string of the molecule is CC(=O)N[C@@H](C)C(=O)N1CCC(Cc2ccc(NC(=O)Nc3cc(C(C)(C)C)nn3-c3ccc(C)cc3)cc2)CC1. The minimum absolute atomic E-state index is 0.0242. The van der Waals surface area contributed by atoms with Gasteiger partial charge in [-0.1, -0.05) is 50.6 Å². The Kier molecular flexibility index (Phi) is 9.15. The first-order valence-electron chi connectivity index (χ1n) is 14.3. The number of urea groups is 1. The van der Waals surface area contributed by atoms with E-state index in [0.29, 0.717) is 30.5 Å². The standard InChI is InChI=1S/C32H42N6O3/c1-21-7-13-27(14-8-21)38-29(20-28(36-38)32(4,5)6)35-31(41)34-26-11-9-24(10-12-26)19-25-15-17-37(18-16-25)30(40)22(2)33-23(3)39/h7-14,20,22,25H,15-19H2,1-6H3,(H,33,39)(H2,34,35,41)/t22-/m0/s1. The number of aromatic nitrogens is 2. The fourth-order valence-corrected chi connectivity index (χ4v) is 5.05. The Morgan fingerprint density at radius 2 is 1.61 bits per heavy atom. The van der Waals surface area contributed by atoms with Gasteiger partial charge in [0.15, 0.2) is 0 Å². The second kappa shape index (κ2) is 12.6. The second-order valence-electron chi connectivity index (χ2n) is 12.1. The molecule has 3 N–H and O–H groups in total. The summed E-state index contributed by atoms with van der Waals surface area (Å²) in [5.41, 5.74) is 4.64. The van der Waals surface area contributed by atoms with Crippen molar-refractivity contribution >= 4 is 29.4 Å². The van der Waals surface area contributed by atoms with Gasteiger partial charge in [-0.25, -0.2) is 9.48 Å². The van der Waals surface area contributed by atoms with Crippen LogP contribution in [0.4, 0.5) is 16.3 Å². The van der Waals surface area contributed by atoms with Gasteiger partial charge in [0.1, 0.15) is 11.9 Å². The topological polar surface area (TPSA) is 108 Å². The zero-order valence-corrected chi connectivity index (χ0v) is 25.0. The molecule has 0 saturated carbocycles. The zero-order valence-electron chi connectivity index (χ0n) is 25.0. The molecule has 0 unspecified atom stereocenters. The van der Waals surface area contributed by atoms with Gasteiger partial charge in [0.05, 0.1) is 11.4 Å². The summed E-state index contributed by atoms with van der Waals surface area (Å²) in [4.78, 5) is 38.6. The van der Waals surface area contributed by atoms with E-state index in [1.165, 1.54) is 12.5 Å². The number of likely N-dealkylation sites (tertiary alicyclic amines) is 1. The molecule has 1 aromatic heterocycles. The Morgan fingerprint density at radius 3 is 2.20 bits per heavy atom. The molecule has 4 amide bonds. The van der Waals surface area contributed by atoms with Gasteiger partial charge in [-0.15, -0.1) is 0 Å². The van der Waals surface area contributed by atoms with Crippen LogP contribution in [0.5, 0.6) is 0 Å². The van der Waals surface area contributed by atoms with E-state index in [4.69, 9.17) is 5.10 Å². The Hall–Kier alpha value is -4.14. The van der Waals surface area contributed by atoms with Gasteiger partial charge in [-0.2, -0.15) is 5.10 Å². The van der Waals surface area contributed by atoms with E-state index >= 15 is 0 Å². The van der Waals surface area contributed by atoms with Gasteiger partial charge in [0, 0.05) is 37.2 Å². The van der Waals surface area contributed by atoms with Crippen LogP contribution in [-0.4, -0.2) is 51.7 Å². The third kappa shape index (κ3) is 7.96. The van der Waals surface area contributed by atoms with Crippen molar-refractivity contribution < 1.29 is 14.4 Å². The molecular weight excluding hydrogens is 516 g/mol. The minimum Gasteiger partial charge on any atom is -0.345 e. The van der Waals surface area contributed by atoms with Crippen molar-refractivity contribution in [1.82, 2.24) is 20.0 Å².